The van der Waals surface area contributed by atoms with E-state index in [9.17, 15) is 14.7 Å². The van der Waals surface area contributed by atoms with E-state index in [1.165, 1.54) is 0 Å². The summed E-state index contributed by atoms with van der Waals surface area (Å²) >= 11 is 0. The average Bonchev–Trinajstić information content (AvgIpc) is 3.12. The number of hydrogen-bond acceptors (Lipinski definition) is 3. The molecule has 2 heterocycles. The number of carbonyl (C=O) groups excluding carboxylic acids is 1. The highest BCUT2D eigenvalue weighted by atomic mass is 16.4. The minimum absolute atomic E-state index is 0.113. The summed E-state index contributed by atoms with van der Waals surface area (Å²) in [6, 6.07) is 15.2. The number of amides is 1. The third kappa shape index (κ3) is 2.94. The van der Waals surface area contributed by atoms with Crippen LogP contribution in [0.1, 0.15) is 23.2 Å². The van der Waals surface area contributed by atoms with Crippen molar-refractivity contribution in [1.29, 1.82) is 0 Å². The largest absolute Gasteiger partial charge is 0.481 e. The Bertz CT molecular complexity index is 962. The van der Waals surface area contributed by atoms with E-state index >= 15 is 0 Å². The highest BCUT2D eigenvalue weighted by Gasteiger charge is 2.28. The van der Waals surface area contributed by atoms with Crippen LogP contribution in [0, 0.1) is 5.92 Å². The molecule has 132 valence electrons. The number of carboxylic acids is 1. The predicted octanol–water partition coefficient (Wildman–Crippen LogP) is 2.96. The maximum atomic E-state index is 12.7. The first-order valence-electron chi connectivity index (χ1n) is 8.68. The quantitative estimate of drug-likeness (QED) is 0.789. The average molecular weight is 349 g/mol. The summed E-state index contributed by atoms with van der Waals surface area (Å²) < 4.78 is 1.98. The Kier molecular flexibility index (Phi) is 4.16. The van der Waals surface area contributed by atoms with Gasteiger partial charge in [0.15, 0.2) is 0 Å². The van der Waals surface area contributed by atoms with Crippen LogP contribution in [0.2, 0.25) is 0 Å². The number of hydrogen-bond donors (Lipinski definition) is 1. The molecule has 26 heavy (non-hydrogen) atoms. The number of aliphatic carboxylic acids is 1. The zero-order valence-corrected chi connectivity index (χ0v) is 14.2. The fourth-order valence-electron chi connectivity index (χ4n) is 3.48. The number of fused-ring (bicyclic) bond motifs is 1. The molecule has 1 fully saturated rings. The zero-order chi connectivity index (χ0) is 18.1. The van der Waals surface area contributed by atoms with E-state index in [2.05, 4.69) is 4.98 Å². The standard InChI is InChI=1S/C20H19N3O3/c24-19(22-11-3-4-15(12-22)20(25)26)14-7-9-16(10-8-14)23-13-21-17-5-1-2-6-18(17)23/h1-2,5-10,13,15H,3-4,11-12H2,(H,25,26). The van der Waals surface area contributed by atoms with Gasteiger partial charge in [0.05, 0.1) is 17.0 Å². The van der Waals surface area contributed by atoms with E-state index < -0.39 is 11.9 Å². The van der Waals surface area contributed by atoms with Crippen molar-refractivity contribution < 1.29 is 14.7 Å². The van der Waals surface area contributed by atoms with Crippen molar-refractivity contribution in [3.63, 3.8) is 0 Å². The van der Waals surface area contributed by atoms with Crippen molar-refractivity contribution in [2.24, 2.45) is 5.92 Å². The molecule has 1 atom stereocenters. The second-order valence-corrected chi connectivity index (χ2v) is 6.58. The van der Waals surface area contributed by atoms with Crippen LogP contribution in [-0.4, -0.2) is 44.5 Å². The van der Waals surface area contributed by atoms with Crippen molar-refractivity contribution in [3.8, 4) is 5.69 Å². The second kappa shape index (κ2) is 6.63. The molecule has 1 unspecified atom stereocenters. The maximum Gasteiger partial charge on any atom is 0.308 e. The summed E-state index contributed by atoms with van der Waals surface area (Å²) in [4.78, 5) is 29.9. The van der Waals surface area contributed by atoms with Crippen LogP contribution in [-0.2, 0) is 4.79 Å². The van der Waals surface area contributed by atoms with Crippen LogP contribution in [0.4, 0.5) is 0 Å². The molecule has 1 N–H and O–H groups in total. The summed E-state index contributed by atoms with van der Waals surface area (Å²) in [7, 11) is 0. The van der Waals surface area contributed by atoms with Gasteiger partial charge >= 0.3 is 5.97 Å². The Hall–Kier alpha value is -3.15. The predicted molar refractivity (Wildman–Crippen MR) is 97.3 cm³/mol. The topological polar surface area (TPSA) is 75.4 Å². The smallest absolute Gasteiger partial charge is 0.308 e. The fourth-order valence-corrected chi connectivity index (χ4v) is 3.48. The summed E-state index contributed by atoms with van der Waals surface area (Å²) in [5.74, 6) is -1.41. The van der Waals surface area contributed by atoms with Gasteiger partial charge in [-0.3, -0.25) is 14.2 Å². The van der Waals surface area contributed by atoms with Crippen molar-refractivity contribution >= 4 is 22.9 Å². The van der Waals surface area contributed by atoms with E-state index in [1.54, 1.807) is 23.4 Å². The Morgan fingerprint density at radius 3 is 2.62 bits per heavy atom. The number of piperidine rings is 1. The molecule has 1 aliphatic heterocycles. The molecule has 4 rings (SSSR count). The molecular weight excluding hydrogens is 330 g/mol. The zero-order valence-electron chi connectivity index (χ0n) is 14.2. The summed E-state index contributed by atoms with van der Waals surface area (Å²) in [6.45, 7) is 0.887. The molecule has 0 spiro atoms. The van der Waals surface area contributed by atoms with Crippen molar-refractivity contribution in [2.45, 2.75) is 12.8 Å². The Morgan fingerprint density at radius 2 is 1.85 bits per heavy atom. The van der Waals surface area contributed by atoms with Crippen molar-refractivity contribution in [2.75, 3.05) is 13.1 Å². The normalized spacial score (nSPS) is 17.4. The highest BCUT2D eigenvalue weighted by Crippen LogP contribution is 2.21. The molecule has 1 aromatic heterocycles. The van der Waals surface area contributed by atoms with E-state index in [1.807, 2.05) is 41.0 Å². The lowest BCUT2D eigenvalue weighted by Crippen LogP contribution is -2.42. The number of imidazole rings is 1. The molecule has 6 nitrogen and oxygen atoms in total. The Balaban J connectivity index is 1.56. The summed E-state index contributed by atoms with van der Waals surface area (Å²) in [6.07, 6.45) is 3.12. The highest BCUT2D eigenvalue weighted by molar-refractivity contribution is 5.94. The van der Waals surface area contributed by atoms with Crippen LogP contribution >= 0.6 is 0 Å². The molecule has 0 bridgehead atoms. The van der Waals surface area contributed by atoms with Crippen LogP contribution in [0.15, 0.2) is 54.9 Å². The van der Waals surface area contributed by atoms with E-state index in [0.29, 0.717) is 18.5 Å². The third-order valence-electron chi connectivity index (χ3n) is 4.90. The lowest BCUT2D eigenvalue weighted by Gasteiger charge is -2.30. The SMILES string of the molecule is O=C(O)C1CCCN(C(=O)c2ccc(-n3cnc4ccccc43)cc2)C1. The van der Waals surface area contributed by atoms with E-state index in [4.69, 9.17) is 0 Å². The van der Waals surface area contributed by atoms with Crippen molar-refractivity contribution in [1.82, 2.24) is 14.5 Å². The van der Waals surface area contributed by atoms with Gasteiger partial charge in [0, 0.05) is 24.3 Å². The maximum absolute atomic E-state index is 12.7. The second-order valence-electron chi connectivity index (χ2n) is 6.58. The number of nitrogens with zero attached hydrogens (tertiary/aromatic N) is 3. The first kappa shape index (κ1) is 16.3. The lowest BCUT2D eigenvalue weighted by molar-refractivity contribution is -0.143. The van der Waals surface area contributed by atoms with Gasteiger partial charge in [0.25, 0.3) is 5.91 Å². The third-order valence-corrected chi connectivity index (χ3v) is 4.90. The molecule has 1 aliphatic rings. The molecule has 0 aliphatic carbocycles. The van der Waals surface area contributed by atoms with Gasteiger partial charge in [-0.15, -0.1) is 0 Å². The van der Waals surface area contributed by atoms with Gasteiger partial charge in [-0.05, 0) is 49.2 Å². The molecule has 2 aromatic carbocycles. The molecule has 0 radical (unpaired) electrons. The molecule has 3 aromatic rings. The number of aromatic nitrogens is 2. The number of para-hydroxylation sites is 2. The molecule has 1 amide bonds. The van der Waals surface area contributed by atoms with E-state index in [0.717, 1.165) is 23.1 Å². The monoisotopic (exact) mass is 349 g/mol. The molecular formula is C20H19N3O3. The Morgan fingerprint density at radius 1 is 1.08 bits per heavy atom. The minimum Gasteiger partial charge on any atom is -0.481 e. The Labute approximate surface area is 150 Å². The number of carboxylic acid groups (broad SMARTS) is 1. The van der Waals surface area contributed by atoms with Gasteiger partial charge in [-0.1, -0.05) is 12.1 Å². The summed E-state index contributed by atoms with van der Waals surface area (Å²) in [5.41, 5.74) is 3.43. The van der Waals surface area contributed by atoms with Gasteiger partial charge in [-0.2, -0.15) is 0 Å². The van der Waals surface area contributed by atoms with Crippen LogP contribution in [0.3, 0.4) is 0 Å². The van der Waals surface area contributed by atoms with Gasteiger partial charge in [0.1, 0.15) is 6.33 Å². The van der Waals surface area contributed by atoms with Crippen LogP contribution in [0.5, 0.6) is 0 Å². The molecule has 1 saturated heterocycles. The molecule has 0 saturated carbocycles. The fraction of sp³-hybridized carbons (Fsp3) is 0.250. The number of rotatable bonds is 3. The van der Waals surface area contributed by atoms with Crippen LogP contribution < -0.4 is 0 Å². The van der Waals surface area contributed by atoms with Gasteiger partial charge in [0.2, 0.25) is 0 Å². The van der Waals surface area contributed by atoms with Gasteiger partial charge < -0.3 is 10.0 Å². The lowest BCUT2D eigenvalue weighted by atomic mass is 9.97. The summed E-state index contributed by atoms with van der Waals surface area (Å²) in [5, 5.41) is 9.19. The number of likely N-dealkylation sites (tertiary alicyclic amines) is 1. The van der Waals surface area contributed by atoms with E-state index in [-0.39, 0.29) is 12.5 Å². The number of carbonyl (C=O) groups is 2. The first-order chi connectivity index (χ1) is 12.6. The number of benzene rings is 2. The van der Waals surface area contributed by atoms with Gasteiger partial charge in [-0.25, -0.2) is 4.98 Å². The molecule has 6 heteroatoms. The van der Waals surface area contributed by atoms with Crippen molar-refractivity contribution in [3.05, 3.63) is 60.4 Å². The minimum atomic E-state index is -0.829. The first-order valence-corrected chi connectivity index (χ1v) is 8.68. The van der Waals surface area contributed by atoms with Crippen LogP contribution in [0.25, 0.3) is 16.7 Å².